The maximum atomic E-state index is 12.5. The van der Waals surface area contributed by atoms with Gasteiger partial charge in [0, 0.05) is 19.2 Å². The van der Waals surface area contributed by atoms with Crippen LogP contribution in [-0.4, -0.2) is 30.9 Å². The summed E-state index contributed by atoms with van der Waals surface area (Å²) in [6.45, 7) is 3.65. The van der Waals surface area contributed by atoms with Crippen molar-refractivity contribution in [3.05, 3.63) is 65.2 Å². The molecule has 0 bridgehead atoms. The van der Waals surface area contributed by atoms with Crippen LogP contribution >= 0.6 is 0 Å². The number of rotatable bonds is 6. The number of nitrogens with one attached hydrogen (secondary N) is 1. The lowest BCUT2D eigenvalue weighted by Crippen LogP contribution is -2.34. The molecular formula is C22H24N2O4. The largest absolute Gasteiger partial charge is 0.455 e. The zero-order valence-corrected chi connectivity index (χ0v) is 16.1. The number of esters is 1. The molecule has 0 spiro atoms. The van der Waals surface area contributed by atoms with Gasteiger partial charge in [0.25, 0.3) is 5.91 Å². The summed E-state index contributed by atoms with van der Waals surface area (Å²) in [5, 5.41) is 2.77. The summed E-state index contributed by atoms with van der Waals surface area (Å²) in [5.74, 6) is -1.01. The second-order valence-electron chi connectivity index (χ2n) is 6.95. The van der Waals surface area contributed by atoms with Gasteiger partial charge < -0.3 is 15.0 Å². The van der Waals surface area contributed by atoms with E-state index in [4.69, 9.17) is 4.74 Å². The zero-order valence-electron chi connectivity index (χ0n) is 16.1. The SMILES string of the molecule is CC(=O)NC(CC(=O)OCC(=O)N1CCc2ccccc21)c1ccc(C)cc1. The average molecular weight is 380 g/mol. The van der Waals surface area contributed by atoms with Gasteiger partial charge in [-0.25, -0.2) is 0 Å². The quantitative estimate of drug-likeness (QED) is 0.782. The number of carbonyl (C=O) groups excluding carboxylic acids is 3. The molecular weight excluding hydrogens is 356 g/mol. The third kappa shape index (κ3) is 4.76. The van der Waals surface area contributed by atoms with Crippen LogP contribution in [0, 0.1) is 6.92 Å². The fourth-order valence-electron chi connectivity index (χ4n) is 3.34. The van der Waals surface area contributed by atoms with Gasteiger partial charge in [-0.1, -0.05) is 48.0 Å². The molecule has 0 fully saturated rings. The molecule has 1 aliphatic heterocycles. The van der Waals surface area contributed by atoms with Crippen LogP contribution in [0.2, 0.25) is 0 Å². The van der Waals surface area contributed by atoms with Crippen molar-refractivity contribution in [1.29, 1.82) is 0 Å². The highest BCUT2D eigenvalue weighted by Gasteiger charge is 2.25. The maximum Gasteiger partial charge on any atom is 0.308 e. The monoisotopic (exact) mass is 380 g/mol. The van der Waals surface area contributed by atoms with Crippen molar-refractivity contribution in [2.24, 2.45) is 0 Å². The molecule has 2 aromatic carbocycles. The third-order valence-electron chi connectivity index (χ3n) is 4.77. The number of para-hydroxylation sites is 1. The molecule has 146 valence electrons. The highest BCUT2D eigenvalue weighted by atomic mass is 16.5. The number of anilines is 1. The molecule has 2 aromatic rings. The van der Waals surface area contributed by atoms with Crippen LogP contribution in [0.5, 0.6) is 0 Å². The minimum absolute atomic E-state index is 0.0352. The maximum absolute atomic E-state index is 12.5. The van der Waals surface area contributed by atoms with Crippen molar-refractivity contribution in [1.82, 2.24) is 5.32 Å². The molecule has 28 heavy (non-hydrogen) atoms. The Morgan fingerprint density at radius 2 is 1.82 bits per heavy atom. The lowest BCUT2D eigenvalue weighted by atomic mass is 10.0. The Hall–Kier alpha value is -3.15. The molecule has 6 heteroatoms. The Labute approximate surface area is 164 Å². The topological polar surface area (TPSA) is 75.7 Å². The number of carbonyl (C=O) groups is 3. The van der Waals surface area contributed by atoms with Crippen molar-refractivity contribution in [3.63, 3.8) is 0 Å². The molecule has 1 unspecified atom stereocenters. The van der Waals surface area contributed by atoms with Crippen molar-refractivity contribution in [3.8, 4) is 0 Å². The summed E-state index contributed by atoms with van der Waals surface area (Å²) < 4.78 is 5.21. The lowest BCUT2D eigenvalue weighted by Gasteiger charge is -2.19. The average Bonchev–Trinajstić information content (AvgIpc) is 3.10. The number of benzene rings is 2. The van der Waals surface area contributed by atoms with Crippen LogP contribution in [0.25, 0.3) is 0 Å². The Bertz CT molecular complexity index is 876. The summed E-state index contributed by atoms with van der Waals surface area (Å²) in [6.07, 6.45) is 0.764. The minimum Gasteiger partial charge on any atom is -0.455 e. The molecule has 1 atom stereocenters. The summed E-state index contributed by atoms with van der Waals surface area (Å²) in [7, 11) is 0. The van der Waals surface area contributed by atoms with Gasteiger partial charge in [-0.2, -0.15) is 0 Å². The van der Waals surface area contributed by atoms with E-state index < -0.39 is 12.0 Å². The van der Waals surface area contributed by atoms with Gasteiger partial charge in [0.15, 0.2) is 6.61 Å². The standard InChI is InChI=1S/C22H24N2O4/c1-15-7-9-17(10-8-15)19(23-16(2)25)13-22(27)28-14-21(26)24-12-11-18-5-3-4-6-20(18)24/h3-10,19H,11-14H2,1-2H3,(H,23,25). The van der Waals surface area contributed by atoms with E-state index in [2.05, 4.69) is 5.32 Å². The van der Waals surface area contributed by atoms with Gasteiger partial charge in [-0.15, -0.1) is 0 Å². The third-order valence-corrected chi connectivity index (χ3v) is 4.77. The highest BCUT2D eigenvalue weighted by Crippen LogP contribution is 2.27. The number of hydrogen-bond acceptors (Lipinski definition) is 4. The first-order valence-corrected chi connectivity index (χ1v) is 9.31. The first kappa shape index (κ1) is 19.6. The molecule has 2 amide bonds. The van der Waals surface area contributed by atoms with Crippen molar-refractivity contribution < 1.29 is 19.1 Å². The molecule has 0 saturated carbocycles. The normalized spacial score (nSPS) is 13.6. The summed E-state index contributed by atoms with van der Waals surface area (Å²) in [4.78, 5) is 37.9. The van der Waals surface area contributed by atoms with Gasteiger partial charge in [0.05, 0.1) is 12.5 Å². The number of fused-ring (bicyclic) bond motifs is 1. The molecule has 1 N–H and O–H groups in total. The van der Waals surface area contributed by atoms with Crippen LogP contribution in [0.1, 0.15) is 36.1 Å². The van der Waals surface area contributed by atoms with E-state index in [9.17, 15) is 14.4 Å². The van der Waals surface area contributed by atoms with Crippen LogP contribution < -0.4 is 10.2 Å². The van der Waals surface area contributed by atoms with Gasteiger partial charge in [0.2, 0.25) is 5.91 Å². The van der Waals surface area contributed by atoms with E-state index in [1.165, 1.54) is 6.92 Å². The van der Waals surface area contributed by atoms with E-state index in [1.54, 1.807) is 4.90 Å². The van der Waals surface area contributed by atoms with E-state index in [-0.39, 0.29) is 24.8 Å². The van der Waals surface area contributed by atoms with E-state index in [1.807, 2.05) is 55.5 Å². The van der Waals surface area contributed by atoms with Crippen molar-refractivity contribution in [2.45, 2.75) is 32.7 Å². The Kier molecular flexibility index (Phi) is 6.09. The number of ether oxygens (including phenoxy) is 1. The predicted octanol–water partition coefficient (Wildman–Crippen LogP) is 2.69. The summed E-state index contributed by atoms with van der Waals surface area (Å²) >= 11 is 0. The van der Waals surface area contributed by atoms with Gasteiger partial charge in [-0.05, 0) is 30.5 Å². The lowest BCUT2D eigenvalue weighted by molar-refractivity contribution is -0.148. The second-order valence-corrected chi connectivity index (χ2v) is 6.95. The van der Waals surface area contributed by atoms with Crippen molar-refractivity contribution in [2.75, 3.05) is 18.1 Å². The summed E-state index contributed by atoms with van der Waals surface area (Å²) in [5.41, 5.74) is 3.90. The first-order valence-electron chi connectivity index (χ1n) is 9.31. The van der Waals surface area contributed by atoms with E-state index >= 15 is 0 Å². The Morgan fingerprint density at radius 3 is 2.54 bits per heavy atom. The minimum atomic E-state index is -0.528. The van der Waals surface area contributed by atoms with Gasteiger partial charge >= 0.3 is 5.97 Å². The smallest absolute Gasteiger partial charge is 0.308 e. The van der Waals surface area contributed by atoms with Crippen molar-refractivity contribution >= 4 is 23.5 Å². The first-order chi connectivity index (χ1) is 13.4. The zero-order chi connectivity index (χ0) is 20.1. The van der Waals surface area contributed by atoms with Crippen LogP contribution in [0.4, 0.5) is 5.69 Å². The predicted molar refractivity (Wildman–Crippen MR) is 106 cm³/mol. The Morgan fingerprint density at radius 1 is 1.11 bits per heavy atom. The summed E-state index contributed by atoms with van der Waals surface area (Å²) in [6, 6.07) is 14.8. The molecule has 1 heterocycles. The number of amides is 2. The number of aryl methyl sites for hydroxylation is 1. The van der Waals surface area contributed by atoms with Crippen LogP contribution in [0.3, 0.4) is 0 Å². The van der Waals surface area contributed by atoms with Gasteiger partial charge in [-0.3, -0.25) is 14.4 Å². The van der Waals surface area contributed by atoms with Crippen LogP contribution in [0.15, 0.2) is 48.5 Å². The fraction of sp³-hybridized carbons (Fsp3) is 0.318. The molecule has 6 nitrogen and oxygen atoms in total. The number of hydrogen-bond donors (Lipinski definition) is 1. The molecule has 1 aliphatic rings. The highest BCUT2D eigenvalue weighted by molar-refractivity contribution is 5.97. The van der Waals surface area contributed by atoms with Crippen LogP contribution in [-0.2, 0) is 25.5 Å². The second kappa shape index (κ2) is 8.69. The van der Waals surface area contributed by atoms with E-state index in [0.717, 1.165) is 28.8 Å². The number of nitrogens with zero attached hydrogens (tertiary/aromatic N) is 1. The molecule has 3 rings (SSSR count). The molecule has 0 aliphatic carbocycles. The molecule has 0 radical (unpaired) electrons. The Balaban J connectivity index is 1.58. The van der Waals surface area contributed by atoms with Gasteiger partial charge in [0.1, 0.15) is 0 Å². The molecule has 0 aromatic heterocycles. The van der Waals surface area contributed by atoms with E-state index in [0.29, 0.717) is 6.54 Å². The fourth-order valence-corrected chi connectivity index (χ4v) is 3.34. The molecule has 0 saturated heterocycles.